The van der Waals surface area contributed by atoms with Crippen LogP contribution >= 0.6 is 0 Å². The predicted molar refractivity (Wildman–Crippen MR) is 130 cm³/mol. The van der Waals surface area contributed by atoms with Crippen LogP contribution in [0, 0.1) is 11.3 Å². The Morgan fingerprint density at radius 3 is 2.34 bits per heavy atom. The SMILES string of the molecule is COc1ccccc1NC(=O)COc1ccc(C=C(C#N)C(=O)Nc2ccc(O)cc2)cc1OC. The standard InChI is InChI=1S/C26H23N3O6/c1-33-22-6-4-3-5-21(22)29-25(31)16-35-23-12-7-17(14-24(23)34-2)13-18(15-27)26(32)28-19-8-10-20(30)11-9-19/h3-14,30H,16H2,1-2H3,(H,28,32)(H,29,31). The van der Waals surface area contributed by atoms with Crippen LogP contribution in [0.2, 0.25) is 0 Å². The number of nitrogens with zero attached hydrogens (tertiary/aromatic N) is 1. The number of ether oxygens (including phenoxy) is 3. The zero-order chi connectivity index (χ0) is 25.2. The van der Waals surface area contributed by atoms with Crippen molar-refractivity contribution in [3.05, 3.63) is 77.9 Å². The first kappa shape index (κ1) is 24.7. The highest BCUT2D eigenvalue weighted by Crippen LogP contribution is 2.29. The molecule has 0 unspecified atom stereocenters. The van der Waals surface area contributed by atoms with E-state index >= 15 is 0 Å². The van der Waals surface area contributed by atoms with E-state index in [1.165, 1.54) is 44.6 Å². The van der Waals surface area contributed by atoms with Gasteiger partial charge >= 0.3 is 0 Å². The Bertz CT molecular complexity index is 1280. The molecule has 178 valence electrons. The number of benzene rings is 3. The molecule has 0 bridgehead atoms. The van der Waals surface area contributed by atoms with E-state index in [4.69, 9.17) is 14.2 Å². The third-order valence-corrected chi connectivity index (χ3v) is 4.73. The molecule has 0 atom stereocenters. The number of aromatic hydroxyl groups is 1. The molecule has 3 N–H and O–H groups in total. The minimum absolute atomic E-state index is 0.0609. The average Bonchev–Trinajstić information content (AvgIpc) is 2.87. The van der Waals surface area contributed by atoms with Gasteiger partial charge in [-0.05, 0) is 60.2 Å². The van der Waals surface area contributed by atoms with Crippen LogP contribution in [-0.4, -0.2) is 37.7 Å². The lowest BCUT2D eigenvalue weighted by Crippen LogP contribution is -2.20. The maximum Gasteiger partial charge on any atom is 0.266 e. The van der Waals surface area contributed by atoms with E-state index in [-0.39, 0.29) is 17.9 Å². The summed E-state index contributed by atoms with van der Waals surface area (Å²) in [6, 6.07) is 19.5. The number of nitrogens with one attached hydrogen (secondary N) is 2. The Balaban J connectivity index is 1.68. The molecule has 2 amide bonds. The summed E-state index contributed by atoms with van der Waals surface area (Å²) in [6.45, 7) is -0.276. The molecule has 9 heteroatoms. The summed E-state index contributed by atoms with van der Waals surface area (Å²) in [5.74, 6) is 0.221. The number of carbonyl (C=O) groups is 2. The van der Waals surface area contributed by atoms with E-state index in [0.717, 1.165) is 0 Å². The first-order chi connectivity index (χ1) is 16.9. The van der Waals surface area contributed by atoms with Crippen molar-refractivity contribution in [3.8, 4) is 29.1 Å². The second kappa shape index (κ2) is 11.8. The van der Waals surface area contributed by atoms with Gasteiger partial charge in [-0.1, -0.05) is 18.2 Å². The molecule has 3 aromatic carbocycles. The molecule has 0 saturated carbocycles. The summed E-state index contributed by atoms with van der Waals surface area (Å²) in [5, 5.41) is 24.1. The molecule has 0 aliphatic rings. The van der Waals surface area contributed by atoms with Crippen LogP contribution in [0.1, 0.15) is 5.56 Å². The molecular weight excluding hydrogens is 450 g/mol. The van der Waals surface area contributed by atoms with Gasteiger partial charge in [-0.3, -0.25) is 9.59 Å². The van der Waals surface area contributed by atoms with E-state index in [1.54, 1.807) is 42.5 Å². The summed E-state index contributed by atoms with van der Waals surface area (Å²) in [5.41, 5.74) is 1.34. The van der Waals surface area contributed by atoms with Crippen LogP contribution in [0.3, 0.4) is 0 Å². The van der Waals surface area contributed by atoms with Crippen molar-refractivity contribution in [3.63, 3.8) is 0 Å². The number of nitriles is 1. The van der Waals surface area contributed by atoms with Crippen molar-refractivity contribution in [2.75, 3.05) is 31.5 Å². The van der Waals surface area contributed by atoms with Gasteiger partial charge in [0, 0.05) is 5.69 Å². The van der Waals surface area contributed by atoms with Crippen molar-refractivity contribution in [2.45, 2.75) is 0 Å². The van der Waals surface area contributed by atoms with Crippen LogP contribution in [0.4, 0.5) is 11.4 Å². The zero-order valence-corrected chi connectivity index (χ0v) is 19.1. The van der Waals surface area contributed by atoms with Crippen molar-refractivity contribution < 1.29 is 28.9 Å². The highest BCUT2D eigenvalue weighted by Gasteiger charge is 2.13. The summed E-state index contributed by atoms with van der Waals surface area (Å²) in [7, 11) is 2.95. The fraction of sp³-hybridized carbons (Fsp3) is 0.115. The minimum Gasteiger partial charge on any atom is -0.508 e. The van der Waals surface area contributed by atoms with Crippen molar-refractivity contribution in [1.82, 2.24) is 0 Å². The van der Waals surface area contributed by atoms with Crippen molar-refractivity contribution in [2.24, 2.45) is 0 Å². The Morgan fingerprint density at radius 2 is 1.66 bits per heavy atom. The predicted octanol–water partition coefficient (Wildman–Crippen LogP) is 3.97. The smallest absolute Gasteiger partial charge is 0.266 e. The molecule has 0 fully saturated rings. The molecule has 3 aromatic rings. The summed E-state index contributed by atoms with van der Waals surface area (Å²) >= 11 is 0. The quantitative estimate of drug-likeness (QED) is 0.244. The van der Waals surface area contributed by atoms with E-state index in [2.05, 4.69) is 10.6 Å². The number of rotatable bonds is 9. The summed E-state index contributed by atoms with van der Waals surface area (Å²) < 4.78 is 16.1. The molecule has 3 rings (SSSR count). The summed E-state index contributed by atoms with van der Waals surface area (Å²) in [4.78, 5) is 24.8. The van der Waals surface area contributed by atoms with Crippen LogP contribution < -0.4 is 24.8 Å². The average molecular weight is 473 g/mol. The molecular formula is C26H23N3O6. The molecule has 9 nitrogen and oxygen atoms in total. The maximum atomic E-state index is 12.5. The molecule has 0 spiro atoms. The van der Waals surface area contributed by atoms with Gasteiger partial charge in [-0.2, -0.15) is 5.26 Å². The zero-order valence-electron chi connectivity index (χ0n) is 19.1. The second-order valence-electron chi connectivity index (χ2n) is 7.12. The molecule has 35 heavy (non-hydrogen) atoms. The van der Waals surface area contributed by atoms with E-state index in [1.807, 2.05) is 6.07 Å². The number of amides is 2. The number of anilines is 2. The number of hydrogen-bond acceptors (Lipinski definition) is 7. The van der Waals surface area contributed by atoms with Crippen LogP contribution in [0.5, 0.6) is 23.0 Å². The number of methoxy groups -OCH3 is 2. The van der Waals surface area contributed by atoms with Crippen LogP contribution in [-0.2, 0) is 9.59 Å². The lowest BCUT2D eigenvalue weighted by atomic mass is 10.1. The van der Waals surface area contributed by atoms with Gasteiger partial charge in [-0.25, -0.2) is 0 Å². The van der Waals surface area contributed by atoms with Gasteiger partial charge in [0.05, 0.1) is 19.9 Å². The van der Waals surface area contributed by atoms with Crippen LogP contribution in [0.25, 0.3) is 6.08 Å². The maximum absolute atomic E-state index is 12.5. The highest BCUT2D eigenvalue weighted by atomic mass is 16.5. The Labute approximate surface area is 202 Å². The molecule has 0 aliphatic carbocycles. The Morgan fingerprint density at radius 1 is 0.943 bits per heavy atom. The van der Waals surface area contributed by atoms with Gasteiger partial charge in [-0.15, -0.1) is 0 Å². The first-order valence-electron chi connectivity index (χ1n) is 10.4. The Kier molecular flexibility index (Phi) is 8.29. The topological polar surface area (TPSA) is 130 Å². The first-order valence-corrected chi connectivity index (χ1v) is 10.4. The third kappa shape index (κ3) is 6.76. The van der Waals surface area contributed by atoms with Gasteiger partial charge in [0.25, 0.3) is 11.8 Å². The molecule has 0 aromatic heterocycles. The number of hydrogen-bond donors (Lipinski definition) is 3. The fourth-order valence-electron chi connectivity index (χ4n) is 3.03. The van der Waals surface area contributed by atoms with Gasteiger partial charge in [0.1, 0.15) is 23.1 Å². The fourth-order valence-corrected chi connectivity index (χ4v) is 3.03. The van der Waals surface area contributed by atoms with E-state index < -0.39 is 11.8 Å². The summed E-state index contributed by atoms with van der Waals surface area (Å²) in [6.07, 6.45) is 1.40. The highest BCUT2D eigenvalue weighted by molar-refractivity contribution is 6.09. The lowest BCUT2D eigenvalue weighted by molar-refractivity contribution is -0.118. The van der Waals surface area contributed by atoms with Gasteiger partial charge in [0.2, 0.25) is 0 Å². The van der Waals surface area contributed by atoms with Crippen LogP contribution in [0.15, 0.2) is 72.3 Å². The van der Waals surface area contributed by atoms with Crippen molar-refractivity contribution in [1.29, 1.82) is 5.26 Å². The monoisotopic (exact) mass is 473 g/mol. The van der Waals surface area contributed by atoms with Crippen molar-refractivity contribution >= 4 is 29.3 Å². The molecule has 0 heterocycles. The minimum atomic E-state index is -0.606. The lowest BCUT2D eigenvalue weighted by Gasteiger charge is -2.13. The normalized spacial score (nSPS) is 10.6. The van der Waals surface area contributed by atoms with E-state index in [9.17, 15) is 20.0 Å². The van der Waals surface area contributed by atoms with E-state index in [0.29, 0.717) is 34.2 Å². The largest absolute Gasteiger partial charge is 0.508 e. The van der Waals surface area contributed by atoms with Gasteiger partial charge in [0.15, 0.2) is 18.1 Å². The molecule has 0 aliphatic heterocycles. The molecule has 0 saturated heterocycles. The number of phenolic OH excluding ortho intramolecular Hbond substituents is 1. The number of para-hydroxylation sites is 2. The van der Waals surface area contributed by atoms with Gasteiger partial charge < -0.3 is 30.0 Å². The Hall–Kier alpha value is -4.97. The third-order valence-electron chi connectivity index (χ3n) is 4.73. The molecule has 0 radical (unpaired) electrons. The number of phenols is 1. The number of carbonyl (C=O) groups excluding carboxylic acids is 2. The second-order valence-corrected chi connectivity index (χ2v) is 7.12.